The number of furan rings is 1. The van der Waals surface area contributed by atoms with E-state index in [0.717, 1.165) is 23.5 Å². The third-order valence-corrected chi connectivity index (χ3v) is 7.03. The Morgan fingerprint density at radius 3 is 2.15 bits per heavy atom. The summed E-state index contributed by atoms with van der Waals surface area (Å²) in [5.74, 6) is 3.89. The molecule has 4 bridgehead atoms. The lowest BCUT2D eigenvalue weighted by Gasteiger charge is -2.63. The van der Waals surface area contributed by atoms with Crippen LogP contribution < -0.4 is 5.73 Å². The molecule has 110 valence electrons. The van der Waals surface area contributed by atoms with Crippen molar-refractivity contribution in [2.75, 3.05) is 0 Å². The van der Waals surface area contributed by atoms with Gasteiger partial charge in [-0.05, 0) is 79.2 Å². The Labute approximate surface area is 122 Å². The van der Waals surface area contributed by atoms with Crippen molar-refractivity contribution < 1.29 is 4.42 Å². The van der Waals surface area contributed by atoms with Crippen LogP contribution in [0.4, 0.5) is 0 Å². The van der Waals surface area contributed by atoms with E-state index in [1.165, 1.54) is 38.5 Å². The van der Waals surface area contributed by atoms with E-state index in [-0.39, 0.29) is 11.5 Å². The second-order valence-corrected chi connectivity index (χ2v) is 8.41. The lowest BCUT2D eigenvalue weighted by Crippen LogP contribution is -2.55. The van der Waals surface area contributed by atoms with Gasteiger partial charge in [0, 0.05) is 0 Å². The number of rotatable bonds is 3. The van der Waals surface area contributed by atoms with Crippen molar-refractivity contribution >= 4 is 0 Å². The van der Waals surface area contributed by atoms with Gasteiger partial charge < -0.3 is 10.2 Å². The third-order valence-electron chi connectivity index (χ3n) is 7.03. The zero-order valence-corrected chi connectivity index (χ0v) is 12.8. The molecule has 4 aliphatic rings. The second kappa shape index (κ2) is 4.13. The first-order valence-electron chi connectivity index (χ1n) is 8.29. The van der Waals surface area contributed by atoms with Crippen molar-refractivity contribution in [2.24, 2.45) is 34.3 Å². The monoisotopic (exact) mass is 273 g/mol. The Kier molecular flexibility index (Phi) is 2.67. The van der Waals surface area contributed by atoms with Crippen LogP contribution in [0.2, 0.25) is 0 Å². The van der Waals surface area contributed by atoms with Crippen LogP contribution in [0.1, 0.15) is 64.2 Å². The maximum Gasteiger partial charge on any atom is 0.121 e. The lowest BCUT2D eigenvalue weighted by atomic mass is 9.42. The summed E-state index contributed by atoms with van der Waals surface area (Å²) < 4.78 is 5.62. The summed E-state index contributed by atoms with van der Waals surface area (Å²) in [6, 6.07) is 4.03. The molecular weight excluding hydrogens is 246 g/mol. The van der Waals surface area contributed by atoms with Crippen LogP contribution in [-0.4, -0.2) is 0 Å². The van der Waals surface area contributed by atoms with Crippen LogP contribution in [-0.2, 0) is 0 Å². The highest BCUT2D eigenvalue weighted by Crippen LogP contribution is 2.67. The van der Waals surface area contributed by atoms with Crippen molar-refractivity contribution in [1.29, 1.82) is 0 Å². The first-order chi connectivity index (χ1) is 9.50. The van der Waals surface area contributed by atoms with E-state index in [2.05, 4.69) is 13.8 Å². The first kappa shape index (κ1) is 12.9. The fraction of sp³-hybridized carbons (Fsp3) is 0.778. The zero-order valence-electron chi connectivity index (χ0n) is 12.8. The zero-order chi connectivity index (χ0) is 14.0. The van der Waals surface area contributed by atoms with Gasteiger partial charge in [0.15, 0.2) is 0 Å². The Balaban J connectivity index is 1.68. The molecule has 2 nitrogen and oxygen atoms in total. The van der Waals surface area contributed by atoms with Crippen molar-refractivity contribution in [3.63, 3.8) is 0 Å². The van der Waals surface area contributed by atoms with Gasteiger partial charge in [-0.2, -0.15) is 0 Å². The van der Waals surface area contributed by atoms with Crippen LogP contribution in [0.25, 0.3) is 0 Å². The predicted octanol–water partition coefficient (Wildman–Crippen LogP) is 4.52. The molecule has 20 heavy (non-hydrogen) atoms. The predicted molar refractivity (Wildman–Crippen MR) is 80.0 cm³/mol. The molecule has 0 radical (unpaired) electrons. The van der Waals surface area contributed by atoms with E-state index < -0.39 is 0 Å². The summed E-state index contributed by atoms with van der Waals surface area (Å²) in [4.78, 5) is 0. The molecule has 0 aromatic carbocycles. The fourth-order valence-electron chi connectivity index (χ4n) is 6.05. The Morgan fingerprint density at radius 2 is 1.70 bits per heavy atom. The summed E-state index contributed by atoms with van der Waals surface area (Å²) >= 11 is 0. The van der Waals surface area contributed by atoms with Crippen molar-refractivity contribution in [2.45, 2.75) is 58.4 Å². The fourth-order valence-corrected chi connectivity index (χ4v) is 6.05. The Hall–Kier alpha value is -0.760. The molecule has 1 heterocycles. The van der Waals surface area contributed by atoms with Crippen molar-refractivity contribution in [3.8, 4) is 0 Å². The minimum atomic E-state index is 0.0220. The minimum Gasteiger partial charge on any atom is -0.468 e. The van der Waals surface area contributed by atoms with Crippen molar-refractivity contribution in [3.05, 3.63) is 24.2 Å². The van der Waals surface area contributed by atoms with Gasteiger partial charge in [-0.25, -0.2) is 0 Å². The van der Waals surface area contributed by atoms with Crippen LogP contribution in [0.5, 0.6) is 0 Å². The molecule has 0 spiro atoms. The summed E-state index contributed by atoms with van der Waals surface area (Å²) in [6.45, 7) is 4.79. The average molecular weight is 273 g/mol. The summed E-state index contributed by atoms with van der Waals surface area (Å²) in [5.41, 5.74) is 7.22. The second-order valence-electron chi connectivity index (χ2n) is 8.41. The van der Waals surface area contributed by atoms with Crippen molar-refractivity contribution in [1.82, 2.24) is 0 Å². The molecule has 0 aliphatic heterocycles. The van der Waals surface area contributed by atoms with E-state index in [1.54, 1.807) is 6.26 Å². The average Bonchev–Trinajstić information content (AvgIpc) is 2.89. The molecule has 0 amide bonds. The SMILES string of the molecule is CC(C)(C(N)c1ccco1)C12CC3CC(CC(C3)C1)C2. The van der Waals surface area contributed by atoms with Gasteiger partial charge in [-0.3, -0.25) is 0 Å². The quantitative estimate of drug-likeness (QED) is 0.879. The van der Waals surface area contributed by atoms with E-state index in [4.69, 9.17) is 10.2 Å². The molecule has 1 unspecified atom stereocenters. The van der Waals surface area contributed by atoms with Gasteiger partial charge in [0.25, 0.3) is 0 Å². The van der Waals surface area contributed by atoms with Crippen LogP contribution in [0.15, 0.2) is 22.8 Å². The Morgan fingerprint density at radius 1 is 1.15 bits per heavy atom. The third kappa shape index (κ3) is 1.67. The molecule has 5 rings (SSSR count). The maximum absolute atomic E-state index is 6.64. The smallest absolute Gasteiger partial charge is 0.121 e. The summed E-state index contributed by atoms with van der Waals surface area (Å²) in [6.07, 6.45) is 10.4. The summed E-state index contributed by atoms with van der Waals surface area (Å²) in [5, 5.41) is 0. The molecule has 2 heteroatoms. The molecule has 4 saturated carbocycles. The first-order valence-corrected chi connectivity index (χ1v) is 8.29. The minimum absolute atomic E-state index is 0.0220. The molecule has 1 aromatic heterocycles. The number of hydrogen-bond donors (Lipinski definition) is 1. The largest absolute Gasteiger partial charge is 0.468 e. The highest BCUT2D eigenvalue weighted by atomic mass is 16.3. The molecule has 4 aliphatic carbocycles. The molecule has 1 atom stereocenters. The summed E-state index contributed by atoms with van der Waals surface area (Å²) in [7, 11) is 0. The van der Waals surface area contributed by atoms with Gasteiger partial charge in [-0.15, -0.1) is 0 Å². The lowest BCUT2D eigenvalue weighted by molar-refractivity contribution is -0.129. The van der Waals surface area contributed by atoms with E-state index in [9.17, 15) is 0 Å². The molecule has 1 aromatic rings. The van der Waals surface area contributed by atoms with E-state index in [1.807, 2.05) is 12.1 Å². The normalized spacial score (nSPS) is 41.0. The van der Waals surface area contributed by atoms with Gasteiger partial charge >= 0.3 is 0 Å². The number of nitrogens with two attached hydrogens (primary N) is 1. The molecular formula is C18H27NO. The molecule has 2 N–H and O–H groups in total. The van der Waals surface area contributed by atoms with E-state index >= 15 is 0 Å². The van der Waals surface area contributed by atoms with Gasteiger partial charge in [0.2, 0.25) is 0 Å². The highest BCUT2D eigenvalue weighted by molar-refractivity contribution is 5.15. The van der Waals surface area contributed by atoms with Gasteiger partial charge in [-0.1, -0.05) is 13.8 Å². The van der Waals surface area contributed by atoms with Gasteiger partial charge in [0.05, 0.1) is 12.3 Å². The maximum atomic E-state index is 6.64. The molecule has 4 fully saturated rings. The van der Waals surface area contributed by atoms with Crippen LogP contribution in [0.3, 0.4) is 0 Å². The standard InChI is InChI=1S/C18H27NO/c1-17(2,16(19)15-4-3-5-20-15)18-9-12-6-13(10-18)8-14(7-12)11-18/h3-5,12-14,16H,6-11,19H2,1-2H3. The number of hydrogen-bond acceptors (Lipinski definition) is 2. The van der Waals surface area contributed by atoms with Crippen LogP contribution >= 0.6 is 0 Å². The van der Waals surface area contributed by atoms with E-state index in [0.29, 0.717) is 5.41 Å². The Bertz CT molecular complexity index is 452. The molecule has 0 saturated heterocycles. The van der Waals surface area contributed by atoms with Gasteiger partial charge in [0.1, 0.15) is 5.76 Å². The topological polar surface area (TPSA) is 39.2 Å². The highest BCUT2D eigenvalue weighted by Gasteiger charge is 2.58. The van der Waals surface area contributed by atoms with Crippen LogP contribution in [0, 0.1) is 28.6 Å².